The van der Waals surface area contributed by atoms with Gasteiger partial charge < -0.3 is 14.0 Å². The molecule has 0 spiro atoms. The van der Waals surface area contributed by atoms with Crippen molar-refractivity contribution in [1.29, 1.82) is 0 Å². The molecule has 1 aliphatic rings. The van der Waals surface area contributed by atoms with E-state index in [0.29, 0.717) is 12.3 Å². The summed E-state index contributed by atoms with van der Waals surface area (Å²) >= 11 is 0. The Morgan fingerprint density at radius 3 is 2.75 bits per heavy atom. The van der Waals surface area contributed by atoms with Crippen LogP contribution in [-0.2, 0) is 16.0 Å². The van der Waals surface area contributed by atoms with Crippen LogP contribution in [0.4, 0.5) is 4.39 Å². The van der Waals surface area contributed by atoms with Gasteiger partial charge in [0.05, 0.1) is 24.6 Å². The Labute approximate surface area is 204 Å². The van der Waals surface area contributed by atoms with Gasteiger partial charge in [0.15, 0.2) is 5.49 Å². The van der Waals surface area contributed by atoms with Gasteiger partial charge in [-0.15, -0.1) is 0 Å². The molecule has 1 aliphatic heterocycles. The molecule has 184 valence electrons. The molecule has 1 atom stereocenters. The number of esters is 1. The van der Waals surface area contributed by atoms with E-state index in [-0.39, 0.29) is 52.5 Å². The van der Waals surface area contributed by atoms with Crippen molar-refractivity contribution in [3.8, 4) is 0 Å². The normalized spacial score (nSPS) is 16.1. The van der Waals surface area contributed by atoms with Gasteiger partial charge in [-0.3, -0.25) is 14.0 Å². The predicted octanol–water partition coefficient (Wildman–Crippen LogP) is 2.89. The lowest BCUT2D eigenvalue weighted by Gasteiger charge is -2.18. The van der Waals surface area contributed by atoms with Crippen molar-refractivity contribution in [2.45, 2.75) is 32.4 Å². The summed E-state index contributed by atoms with van der Waals surface area (Å²) in [5, 5.41) is 0.174. The second kappa shape index (κ2) is 9.82. The lowest BCUT2D eigenvalue weighted by molar-refractivity contribution is 0.0521. The summed E-state index contributed by atoms with van der Waals surface area (Å²) in [5.41, 5.74) is 0.377. The molecule has 4 aromatic rings. The summed E-state index contributed by atoms with van der Waals surface area (Å²) in [6, 6.07) is 11.5. The van der Waals surface area contributed by atoms with Gasteiger partial charge in [0.2, 0.25) is 0 Å². The van der Waals surface area contributed by atoms with Crippen LogP contribution in [0, 0.1) is 5.82 Å². The van der Waals surface area contributed by atoms with Crippen LogP contribution >= 0.6 is 0 Å². The average Bonchev–Trinajstić information content (AvgIpc) is 3.39. The maximum absolute atomic E-state index is 13.4. The van der Waals surface area contributed by atoms with Crippen LogP contribution in [0.1, 0.15) is 40.5 Å². The van der Waals surface area contributed by atoms with Crippen LogP contribution in [-0.4, -0.2) is 45.1 Å². The van der Waals surface area contributed by atoms with E-state index in [1.54, 1.807) is 35.9 Å². The molecule has 1 saturated heterocycles. The standard InChI is InChI=1S/C26H23FN4O5/c1-2-35-26(34)20-14-19-22(28-21-7-3-4-12-30(21)25(19)33)31(15-18-6-5-13-36-18)23(20)29-24(32)16-8-10-17(27)11-9-16/h3-4,7-12,14,18H,2,5-6,13,15H2,1H3. The van der Waals surface area contributed by atoms with E-state index in [0.717, 1.165) is 25.0 Å². The minimum atomic E-state index is -0.733. The number of hydrogen-bond donors (Lipinski definition) is 0. The SMILES string of the molecule is CCOC(=O)c1cc2c(=O)n3ccccc3nc2n(CC2CCCO2)c1=NC(=O)c1ccc(F)cc1. The molecule has 10 heteroatoms. The molecule has 1 aromatic carbocycles. The number of rotatable bonds is 5. The summed E-state index contributed by atoms with van der Waals surface area (Å²) in [6.45, 7) is 2.54. The van der Waals surface area contributed by atoms with Gasteiger partial charge in [-0.25, -0.2) is 14.2 Å². The van der Waals surface area contributed by atoms with E-state index in [2.05, 4.69) is 9.98 Å². The molecule has 0 N–H and O–H groups in total. The highest BCUT2D eigenvalue weighted by Crippen LogP contribution is 2.17. The molecule has 0 bridgehead atoms. The zero-order valence-corrected chi connectivity index (χ0v) is 19.5. The van der Waals surface area contributed by atoms with Crippen molar-refractivity contribution in [3.63, 3.8) is 0 Å². The zero-order valence-electron chi connectivity index (χ0n) is 19.5. The number of hydrogen-bond acceptors (Lipinski definition) is 6. The van der Waals surface area contributed by atoms with Crippen LogP contribution < -0.4 is 11.0 Å². The molecule has 0 saturated carbocycles. The van der Waals surface area contributed by atoms with Crippen LogP contribution in [0.15, 0.2) is 64.5 Å². The van der Waals surface area contributed by atoms with E-state index < -0.39 is 17.7 Å². The second-order valence-electron chi connectivity index (χ2n) is 8.35. The fourth-order valence-electron chi connectivity index (χ4n) is 4.28. The molecular formula is C26H23FN4O5. The van der Waals surface area contributed by atoms with Gasteiger partial charge in [0, 0.05) is 18.4 Å². The van der Waals surface area contributed by atoms with Crippen LogP contribution in [0.25, 0.3) is 16.7 Å². The lowest BCUT2D eigenvalue weighted by Crippen LogP contribution is -2.35. The molecule has 1 amide bonds. The lowest BCUT2D eigenvalue weighted by atomic mass is 10.1. The fourth-order valence-corrected chi connectivity index (χ4v) is 4.28. The Hall–Kier alpha value is -4.18. The summed E-state index contributed by atoms with van der Waals surface area (Å²) in [5.74, 6) is -1.91. The molecule has 9 nitrogen and oxygen atoms in total. The number of pyridine rings is 2. The topological polar surface area (TPSA) is 104 Å². The predicted molar refractivity (Wildman–Crippen MR) is 128 cm³/mol. The molecule has 5 rings (SSSR count). The minimum absolute atomic E-state index is 0.00189. The third-order valence-corrected chi connectivity index (χ3v) is 5.99. The van der Waals surface area contributed by atoms with Crippen LogP contribution in [0.2, 0.25) is 0 Å². The number of fused-ring (bicyclic) bond motifs is 2. The number of aromatic nitrogens is 3. The third kappa shape index (κ3) is 4.42. The first-order valence-electron chi connectivity index (χ1n) is 11.6. The zero-order chi connectivity index (χ0) is 25.2. The van der Waals surface area contributed by atoms with Crippen molar-refractivity contribution < 1.29 is 23.5 Å². The average molecular weight is 490 g/mol. The number of carbonyl (C=O) groups is 2. The van der Waals surface area contributed by atoms with Gasteiger partial charge in [-0.1, -0.05) is 6.07 Å². The molecule has 36 heavy (non-hydrogen) atoms. The quantitative estimate of drug-likeness (QED) is 0.315. The first kappa shape index (κ1) is 23.6. The molecule has 4 heterocycles. The summed E-state index contributed by atoms with van der Waals surface area (Å²) < 4.78 is 27.4. The van der Waals surface area contributed by atoms with Gasteiger partial charge >= 0.3 is 5.97 Å². The van der Waals surface area contributed by atoms with E-state index in [4.69, 9.17) is 9.47 Å². The van der Waals surface area contributed by atoms with Crippen LogP contribution in [0.5, 0.6) is 0 Å². The first-order chi connectivity index (χ1) is 17.5. The van der Waals surface area contributed by atoms with Crippen LogP contribution in [0.3, 0.4) is 0 Å². The smallest absolute Gasteiger partial charge is 0.341 e. The number of halogens is 1. The van der Waals surface area contributed by atoms with Crippen molar-refractivity contribution >= 4 is 28.6 Å². The van der Waals surface area contributed by atoms with E-state index in [9.17, 15) is 18.8 Å². The number of nitrogens with zero attached hydrogens (tertiary/aromatic N) is 4. The Bertz CT molecular complexity index is 1600. The van der Waals surface area contributed by atoms with Crippen molar-refractivity contribution in [1.82, 2.24) is 14.0 Å². The Kier molecular flexibility index (Phi) is 6.43. The van der Waals surface area contributed by atoms with Crippen molar-refractivity contribution in [2.24, 2.45) is 4.99 Å². The van der Waals surface area contributed by atoms with E-state index >= 15 is 0 Å². The van der Waals surface area contributed by atoms with Gasteiger partial charge in [0.1, 0.15) is 22.7 Å². The van der Waals surface area contributed by atoms with Crippen molar-refractivity contribution in [2.75, 3.05) is 13.2 Å². The van der Waals surface area contributed by atoms with E-state index in [1.165, 1.54) is 22.6 Å². The first-order valence-corrected chi connectivity index (χ1v) is 11.6. The Morgan fingerprint density at radius 1 is 1.22 bits per heavy atom. The summed E-state index contributed by atoms with van der Waals surface area (Å²) in [6.07, 6.45) is 2.99. The fraction of sp³-hybridized carbons (Fsp3) is 0.269. The number of carbonyl (C=O) groups excluding carboxylic acids is 2. The number of ether oxygens (including phenoxy) is 2. The maximum atomic E-state index is 13.4. The van der Waals surface area contributed by atoms with Crippen molar-refractivity contribution in [3.05, 3.63) is 87.5 Å². The monoisotopic (exact) mass is 490 g/mol. The minimum Gasteiger partial charge on any atom is -0.462 e. The molecule has 0 radical (unpaired) electrons. The van der Waals surface area contributed by atoms with Gasteiger partial charge in [0.25, 0.3) is 11.5 Å². The van der Waals surface area contributed by atoms with Gasteiger partial charge in [-0.2, -0.15) is 4.99 Å². The maximum Gasteiger partial charge on any atom is 0.341 e. The molecule has 3 aromatic heterocycles. The largest absolute Gasteiger partial charge is 0.462 e. The molecular weight excluding hydrogens is 467 g/mol. The molecule has 1 unspecified atom stereocenters. The van der Waals surface area contributed by atoms with Gasteiger partial charge in [-0.05, 0) is 62.2 Å². The third-order valence-electron chi connectivity index (χ3n) is 5.99. The van der Waals surface area contributed by atoms with E-state index in [1.807, 2.05) is 0 Å². The summed E-state index contributed by atoms with van der Waals surface area (Å²) in [7, 11) is 0. The molecule has 0 aliphatic carbocycles. The number of benzene rings is 1. The Balaban J connectivity index is 1.85. The molecule has 1 fully saturated rings. The highest BCUT2D eigenvalue weighted by atomic mass is 19.1. The second-order valence-corrected chi connectivity index (χ2v) is 8.35. The summed E-state index contributed by atoms with van der Waals surface area (Å²) in [4.78, 5) is 48.4. The highest BCUT2D eigenvalue weighted by Gasteiger charge is 2.24. The highest BCUT2D eigenvalue weighted by molar-refractivity contribution is 5.97. The Morgan fingerprint density at radius 2 is 2.03 bits per heavy atom. The number of amides is 1.